The maximum Gasteiger partial charge on any atom is 0.235 e. The standard InChI is InChI=1S/C15H12BrNO3/c16-14-7-5-12(6-8-14)11-20-15-4-2-1-3-13(15)9-10-17(18)19/h1-10H,11H2/b10-9+. The van der Waals surface area contributed by atoms with E-state index in [9.17, 15) is 10.1 Å². The molecule has 5 heteroatoms. The predicted octanol–water partition coefficient (Wildman–Crippen LogP) is 4.28. The summed E-state index contributed by atoms with van der Waals surface area (Å²) >= 11 is 3.37. The third-order valence-corrected chi connectivity index (χ3v) is 3.13. The van der Waals surface area contributed by atoms with Gasteiger partial charge >= 0.3 is 0 Å². The lowest BCUT2D eigenvalue weighted by Gasteiger charge is -2.08. The second-order valence-corrected chi connectivity index (χ2v) is 4.97. The van der Waals surface area contributed by atoms with Crippen LogP contribution in [-0.4, -0.2) is 4.92 Å². The largest absolute Gasteiger partial charge is 0.488 e. The molecular weight excluding hydrogens is 322 g/mol. The van der Waals surface area contributed by atoms with Gasteiger partial charge in [-0.15, -0.1) is 0 Å². The number of para-hydroxylation sites is 1. The molecule has 0 N–H and O–H groups in total. The zero-order valence-electron chi connectivity index (χ0n) is 10.5. The number of hydrogen-bond acceptors (Lipinski definition) is 3. The van der Waals surface area contributed by atoms with E-state index in [4.69, 9.17) is 4.74 Å². The molecule has 0 amide bonds. The predicted molar refractivity (Wildman–Crippen MR) is 80.9 cm³/mol. The van der Waals surface area contributed by atoms with Gasteiger partial charge in [-0.3, -0.25) is 10.1 Å². The molecule has 2 aromatic carbocycles. The van der Waals surface area contributed by atoms with Crippen molar-refractivity contribution in [2.45, 2.75) is 6.61 Å². The molecule has 2 aromatic rings. The Morgan fingerprint density at radius 3 is 2.55 bits per heavy atom. The van der Waals surface area contributed by atoms with Crippen LogP contribution in [-0.2, 0) is 6.61 Å². The number of halogens is 1. The third-order valence-electron chi connectivity index (χ3n) is 2.60. The van der Waals surface area contributed by atoms with Crippen LogP contribution in [0.25, 0.3) is 6.08 Å². The topological polar surface area (TPSA) is 52.4 Å². The van der Waals surface area contributed by atoms with Crippen molar-refractivity contribution in [3.8, 4) is 5.75 Å². The third kappa shape index (κ3) is 4.20. The minimum atomic E-state index is -0.495. The monoisotopic (exact) mass is 333 g/mol. The minimum absolute atomic E-state index is 0.413. The lowest BCUT2D eigenvalue weighted by atomic mass is 10.2. The Morgan fingerprint density at radius 2 is 1.85 bits per heavy atom. The van der Waals surface area contributed by atoms with Crippen molar-refractivity contribution in [2.75, 3.05) is 0 Å². The van der Waals surface area contributed by atoms with Crippen molar-refractivity contribution in [3.05, 3.63) is 80.4 Å². The summed E-state index contributed by atoms with van der Waals surface area (Å²) < 4.78 is 6.72. The van der Waals surface area contributed by atoms with E-state index in [-0.39, 0.29) is 0 Å². The Kier molecular flexibility index (Phi) is 4.90. The molecule has 0 saturated carbocycles. The lowest BCUT2D eigenvalue weighted by Crippen LogP contribution is -1.96. The average molecular weight is 334 g/mol. The van der Waals surface area contributed by atoms with Crippen LogP contribution >= 0.6 is 15.9 Å². The van der Waals surface area contributed by atoms with Crippen LogP contribution in [0.4, 0.5) is 0 Å². The average Bonchev–Trinajstić information content (AvgIpc) is 2.45. The minimum Gasteiger partial charge on any atom is -0.488 e. The Hall–Kier alpha value is -2.14. The first-order valence-corrected chi connectivity index (χ1v) is 6.72. The van der Waals surface area contributed by atoms with Crippen LogP contribution in [0.15, 0.2) is 59.2 Å². The van der Waals surface area contributed by atoms with Gasteiger partial charge < -0.3 is 4.74 Å². The molecule has 0 unspecified atom stereocenters. The van der Waals surface area contributed by atoms with Crippen LogP contribution in [0, 0.1) is 10.1 Å². The van der Waals surface area contributed by atoms with Gasteiger partial charge in [0.25, 0.3) is 0 Å². The molecule has 0 saturated heterocycles. The van der Waals surface area contributed by atoms with Crippen molar-refractivity contribution in [1.29, 1.82) is 0 Å². The highest BCUT2D eigenvalue weighted by Gasteiger charge is 2.02. The van der Waals surface area contributed by atoms with E-state index >= 15 is 0 Å². The van der Waals surface area contributed by atoms with Crippen molar-refractivity contribution < 1.29 is 9.66 Å². The molecule has 20 heavy (non-hydrogen) atoms. The fourth-order valence-electron chi connectivity index (χ4n) is 1.63. The first kappa shape index (κ1) is 14.3. The summed E-state index contributed by atoms with van der Waals surface area (Å²) in [4.78, 5) is 9.87. The maximum absolute atomic E-state index is 10.4. The fourth-order valence-corrected chi connectivity index (χ4v) is 1.90. The van der Waals surface area contributed by atoms with Crippen LogP contribution < -0.4 is 4.74 Å². The van der Waals surface area contributed by atoms with Crippen molar-refractivity contribution in [3.63, 3.8) is 0 Å². The summed E-state index contributed by atoms with van der Waals surface area (Å²) in [5.74, 6) is 0.619. The number of hydrogen-bond donors (Lipinski definition) is 0. The first-order chi connectivity index (χ1) is 9.65. The van der Waals surface area contributed by atoms with Gasteiger partial charge in [-0.05, 0) is 23.8 Å². The smallest absolute Gasteiger partial charge is 0.235 e. The van der Waals surface area contributed by atoms with E-state index in [2.05, 4.69) is 15.9 Å². The van der Waals surface area contributed by atoms with E-state index in [1.807, 2.05) is 36.4 Å². The summed E-state index contributed by atoms with van der Waals surface area (Å²) in [5, 5.41) is 10.4. The molecule has 102 valence electrons. The molecule has 0 aliphatic heterocycles. The summed E-state index contributed by atoms with van der Waals surface area (Å²) in [6.45, 7) is 0.413. The number of ether oxygens (including phenoxy) is 1. The second-order valence-electron chi connectivity index (χ2n) is 4.05. The second kappa shape index (κ2) is 6.86. The lowest BCUT2D eigenvalue weighted by molar-refractivity contribution is -0.400. The SMILES string of the molecule is O=[N+]([O-])/C=C/c1ccccc1OCc1ccc(Br)cc1. The number of nitro groups is 1. The van der Waals surface area contributed by atoms with Gasteiger partial charge in [0.1, 0.15) is 12.4 Å². The van der Waals surface area contributed by atoms with Crippen molar-refractivity contribution in [1.82, 2.24) is 0 Å². The van der Waals surface area contributed by atoms with Gasteiger partial charge in [-0.2, -0.15) is 0 Å². The number of rotatable bonds is 5. The molecule has 0 spiro atoms. The Balaban J connectivity index is 2.09. The van der Waals surface area contributed by atoms with Gasteiger partial charge in [0.2, 0.25) is 6.20 Å². The molecule has 0 atom stereocenters. The Labute approximate surface area is 125 Å². The summed E-state index contributed by atoms with van der Waals surface area (Å²) in [7, 11) is 0. The Morgan fingerprint density at radius 1 is 1.15 bits per heavy atom. The van der Waals surface area contributed by atoms with Crippen LogP contribution in [0.1, 0.15) is 11.1 Å². The van der Waals surface area contributed by atoms with Gasteiger partial charge in [0.05, 0.1) is 4.92 Å². The summed E-state index contributed by atoms with van der Waals surface area (Å²) in [5.41, 5.74) is 1.71. The molecule has 0 aliphatic rings. The van der Waals surface area contributed by atoms with Crippen LogP contribution in [0.5, 0.6) is 5.75 Å². The fraction of sp³-hybridized carbons (Fsp3) is 0.0667. The van der Waals surface area contributed by atoms with Crippen molar-refractivity contribution >= 4 is 22.0 Å². The van der Waals surface area contributed by atoms with Crippen molar-refractivity contribution in [2.24, 2.45) is 0 Å². The summed E-state index contributed by atoms with van der Waals surface area (Å²) in [6.07, 6.45) is 2.33. The van der Waals surface area contributed by atoms with Gasteiger partial charge in [-0.1, -0.05) is 46.3 Å². The molecule has 4 nitrogen and oxygen atoms in total. The van der Waals surface area contributed by atoms with Gasteiger partial charge in [-0.25, -0.2) is 0 Å². The van der Waals surface area contributed by atoms with E-state index in [0.717, 1.165) is 16.2 Å². The molecule has 0 aliphatic carbocycles. The first-order valence-electron chi connectivity index (χ1n) is 5.93. The molecule has 0 radical (unpaired) electrons. The van der Waals surface area contributed by atoms with E-state index in [0.29, 0.717) is 17.9 Å². The molecule has 0 heterocycles. The maximum atomic E-state index is 10.4. The number of nitrogens with zero attached hydrogens (tertiary/aromatic N) is 1. The normalized spacial score (nSPS) is 10.7. The van der Waals surface area contributed by atoms with Gasteiger partial charge in [0.15, 0.2) is 0 Å². The highest BCUT2D eigenvalue weighted by Crippen LogP contribution is 2.21. The van der Waals surface area contributed by atoms with Crippen LogP contribution in [0.3, 0.4) is 0 Å². The summed E-state index contributed by atoms with van der Waals surface area (Å²) in [6, 6.07) is 15.0. The van der Waals surface area contributed by atoms with E-state index in [1.165, 1.54) is 6.08 Å². The molecule has 0 aromatic heterocycles. The number of benzene rings is 2. The highest BCUT2D eigenvalue weighted by molar-refractivity contribution is 9.10. The van der Waals surface area contributed by atoms with E-state index < -0.39 is 4.92 Å². The molecule has 0 bridgehead atoms. The molecular formula is C15H12BrNO3. The van der Waals surface area contributed by atoms with E-state index in [1.54, 1.807) is 12.1 Å². The van der Waals surface area contributed by atoms with Gasteiger partial charge in [0, 0.05) is 16.1 Å². The highest BCUT2D eigenvalue weighted by atomic mass is 79.9. The quantitative estimate of drug-likeness (QED) is 0.606. The molecule has 2 rings (SSSR count). The zero-order valence-corrected chi connectivity index (χ0v) is 12.1. The molecule has 0 fully saturated rings. The Bertz CT molecular complexity index is 623. The van der Waals surface area contributed by atoms with Crippen LogP contribution in [0.2, 0.25) is 0 Å². The zero-order chi connectivity index (χ0) is 14.4.